The summed E-state index contributed by atoms with van der Waals surface area (Å²) in [6.07, 6.45) is -3.43. The Hall–Kier alpha value is -3.75. The fourth-order valence-corrected chi connectivity index (χ4v) is 4.10. The zero-order chi connectivity index (χ0) is 31.4. The lowest BCUT2D eigenvalue weighted by atomic mass is 10.0. The molecule has 6 N–H and O–H groups in total. The number of carboxylic acid groups (broad SMARTS) is 1. The molecular formula is C28H42N4O10. The van der Waals surface area contributed by atoms with Gasteiger partial charge in [-0.3, -0.25) is 24.0 Å². The fourth-order valence-electron chi connectivity index (χ4n) is 4.10. The van der Waals surface area contributed by atoms with Gasteiger partial charge in [0.1, 0.15) is 18.5 Å². The van der Waals surface area contributed by atoms with E-state index in [9.17, 15) is 29.1 Å². The number of carbonyl (C=O) groups excluding carboxylic acids is 4. The molecule has 0 saturated carbocycles. The number of nitrogens with one attached hydrogen (secondary N) is 4. The first-order valence-electron chi connectivity index (χ1n) is 13.8. The van der Waals surface area contributed by atoms with Crippen molar-refractivity contribution in [2.24, 2.45) is 5.92 Å². The Kier molecular flexibility index (Phi) is 13.6. The molecule has 0 aliphatic carbocycles. The van der Waals surface area contributed by atoms with Crippen LogP contribution in [0.25, 0.3) is 0 Å². The highest BCUT2D eigenvalue weighted by molar-refractivity contribution is 5.96. The van der Waals surface area contributed by atoms with E-state index in [0.29, 0.717) is 5.56 Å². The molecule has 1 aromatic carbocycles. The number of carbonyl (C=O) groups is 5. The first-order chi connectivity index (χ1) is 19.7. The molecule has 14 nitrogen and oxygen atoms in total. The highest BCUT2D eigenvalue weighted by atomic mass is 16.7. The molecule has 0 bridgehead atoms. The van der Waals surface area contributed by atoms with Gasteiger partial charge in [0.15, 0.2) is 0 Å². The molecule has 0 radical (unpaired) electrons. The van der Waals surface area contributed by atoms with Crippen molar-refractivity contribution in [3.8, 4) is 5.75 Å². The van der Waals surface area contributed by atoms with Crippen LogP contribution in [0.3, 0.4) is 0 Å². The van der Waals surface area contributed by atoms with Gasteiger partial charge in [-0.15, -0.1) is 0 Å². The van der Waals surface area contributed by atoms with Crippen molar-refractivity contribution in [1.29, 1.82) is 0 Å². The molecule has 4 atom stereocenters. The van der Waals surface area contributed by atoms with Gasteiger partial charge in [-0.25, -0.2) is 0 Å². The standard InChI is InChI=1S/C28H42N4O10/c1-15(2)26(31-16(3)4)28(39)30-13-23(35)32-20-7-6-18(14-40-17(5)33)10-21(20)41-25-12-19(34)11-22(42-25)27(38)29-9-8-24(36)37/h6-7,10,15-16,19,22,25-26,31,34H,8-9,11-14H2,1-5H3,(H,29,38)(H,30,39)(H,32,35)(H,36,37). The molecule has 1 aliphatic heterocycles. The van der Waals surface area contributed by atoms with Crippen molar-refractivity contribution in [3.63, 3.8) is 0 Å². The van der Waals surface area contributed by atoms with E-state index in [0.717, 1.165) is 0 Å². The number of hydrogen-bond acceptors (Lipinski definition) is 10. The second-order valence-electron chi connectivity index (χ2n) is 10.7. The second kappa shape index (κ2) is 16.6. The Morgan fingerprint density at radius 2 is 1.79 bits per heavy atom. The lowest BCUT2D eigenvalue weighted by Gasteiger charge is -2.32. The van der Waals surface area contributed by atoms with Crippen LogP contribution < -0.4 is 26.0 Å². The Labute approximate surface area is 244 Å². The molecule has 4 unspecified atom stereocenters. The number of anilines is 1. The van der Waals surface area contributed by atoms with Gasteiger partial charge in [-0.1, -0.05) is 33.8 Å². The minimum atomic E-state index is -1.10. The number of carboxylic acids is 1. The van der Waals surface area contributed by atoms with Crippen LogP contribution >= 0.6 is 0 Å². The summed E-state index contributed by atoms with van der Waals surface area (Å²) in [5, 5.41) is 30.1. The van der Waals surface area contributed by atoms with Crippen molar-refractivity contribution in [2.75, 3.05) is 18.4 Å². The highest BCUT2D eigenvalue weighted by Gasteiger charge is 2.34. The summed E-state index contributed by atoms with van der Waals surface area (Å²) in [7, 11) is 0. The summed E-state index contributed by atoms with van der Waals surface area (Å²) in [5.74, 6) is -2.90. The first-order valence-corrected chi connectivity index (χ1v) is 13.8. The van der Waals surface area contributed by atoms with Crippen LogP contribution in [-0.2, 0) is 40.1 Å². The number of aliphatic hydroxyl groups is 1. The fraction of sp³-hybridized carbons (Fsp3) is 0.607. The van der Waals surface area contributed by atoms with Gasteiger partial charge in [-0.2, -0.15) is 0 Å². The van der Waals surface area contributed by atoms with Gasteiger partial charge in [0.25, 0.3) is 0 Å². The third kappa shape index (κ3) is 12.0. The van der Waals surface area contributed by atoms with Gasteiger partial charge >= 0.3 is 11.9 Å². The molecule has 14 heteroatoms. The zero-order valence-electron chi connectivity index (χ0n) is 24.6. The van der Waals surface area contributed by atoms with E-state index < -0.39 is 48.3 Å². The molecule has 3 amide bonds. The van der Waals surface area contributed by atoms with Crippen molar-refractivity contribution in [1.82, 2.24) is 16.0 Å². The largest absolute Gasteiger partial charge is 0.481 e. The predicted octanol–water partition coefficient (Wildman–Crippen LogP) is 0.663. The van der Waals surface area contributed by atoms with E-state index >= 15 is 0 Å². The maximum atomic E-state index is 12.8. The molecule has 42 heavy (non-hydrogen) atoms. The van der Waals surface area contributed by atoms with Crippen LogP contribution in [0.15, 0.2) is 18.2 Å². The minimum absolute atomic E-state index is 0.00542. The summed E-state index contributed by atoms with van der Waals surface area (Å²) in [6.45, 7) is 8.41. The molecule has 2 rings (SSSR count). The minimum Gasteiger partial charge on any atom is -0.481 e. The molecule has 1 saturated heterocycles. The van der Waals surface area contributed by atoms with Gasteiger partial charge in [0.2, 0.25) is 24.0 Å². The molecule has 1 fully saturated rings. The van der Waals surface area contributed by atoms with E-state index in [1.54, 1.807) is 6.07 Å². The molecule has 1 heterocycles. The summed E-state index contributed by atoms with van der Waals surface area (Å²) in [5.41, 5.74) is 0.748. The maximum Gasteiger partial charge on any atom is 0.305 e. The average molecular weight is 595 g/mol. The van der Waals surface area contributed by atoms with Gasteiger partial charge < -0.3 is 45.7 Å². The number of aliphatic hydroxyl groups excluding tert-OH is 1. The number of rotatable bonds is 15. The molecule has 0 spiro atoms. The van der Waals surface area contributed by atoms with Crippen molar-refractivity contribution in [3.05, 3.63) is 23.8 Å². The Bertz CT molecular complexity index is 1110. The summed E-state index contributed by atoms with van der Waals surface area (Å²) >= 11 is 0. The van der Waals surface area contributed by atoms with Crippen LogP contribution in [0, 0.1) is 5.92 Å². The summed E-state index contributed by atoms with van der Waals surface area (Å²) in [4.78, 5) is 59.9. The van der Waals surface area contributed by atoms with E-state index in [-0.39, 0.29) is 68.3 Å². The third-order valence-corrected chi connectivity index (χ3v) is 6.10. The topological polar surface area (TPSA) is 202 Å². The number of aliphatic carboxylic acids is 1. The Morgan fingerprint density at radius 1 is 1.07 bits per heavy atom. The van der Waals surface area contributed by atoms with Crippen LogP contribution in [0.5, 0.6) is 5.75 Å². The lowest BCUT2D eigenvalue weighted by Crippen LogP contribution is -2.51. The maximum absolute atomic E-state index is 12.8. The SMILES string of the molecule is CC(=O)OCc1ccc(NC(=O)CNC(=O)C(NC(C)C)C(C)C)c(OC2CC(O)CC(C(=O)NCCC(=O)O)O2)c1. The first kappa shape index (κ1) is 34.5. The average Bonchev–Trinajstić information content (AvgIpc) is 2.89. The third-order valence-electron chi connectivity index (χ3n) is 6.10. The van der Waals surface area contributed by atoms with Crippen LogP contribution in [0.2, 0.25) is 0 Å². The summed E-state index contributed by atoms with van der Waals surface area (Å²) in [6, 6.07) is 4.24. The van der Waals surface area contributed by atoms with Gasteiger partial charge in [0.05, 0.1) is 30.8 Å². The molecule has 1 aromatic rings. The quantitative estimate of drug-likeness (QED) is 0.156. The van der Waals surface area contributed by atoms with Crippen LogP contribution in [0.1, 0.15) is 59.4 Å². The second-order valence-corrected chi connectivity index (χ2v) is 10.7. The van der Waals surface area contributed by atoms with E-state index in [1.807, 2.05) is 27.7 Å². The number of amides is 3. The van der Waals surface area contributed by atoms with E-state index in [2.05, 4.69) is 21.3 Å². The number of benzene rings is 1. The van der Waals surface area contributed by atoms with E-state index in [1.165, 1.54) is 19.1 Å². The van der Waals surface area contributed by atoms with Crippen LogP contribution in [0.4, 0.5) is 5.69 Å². The van der Waals surface area contributed by atoms with Crippen LogP contribution in [-0.4, -0.2) is 83.5 Å². The zero-order valence-corrected chi connectivity index (χ0v) is 24.6. The normalized spacial score (nSPS) is 19.1. The molecular weight excluding hydrogens is 552 g/mol. The van der Waals surface area contributed by atoms with Gasteiger partial charge in [-0.05, 0) is 23.6 Å². The Balaban J connectivity index is 2.14. The van der Waals surface area contributed by atoms with Crippen molar-refractivity contribution < 1.29 is 48.4 Å². The predicted molar refractivity (Wildman–Crippen MR) is 150 cm³/mol. The molecule has 0 aromatic heterocycles. The van der Waals surface area contributed by atoms with Crippen molar-refractivity contribution >= 4 is 35.3 Å². The monoisotopic (exact) mass is 594 g/mol. The van der Waals surface area contributed by atoms with Gasteiger partial charge in [0, 0.05) is 32.4 Å². The highest BCUT2D eigenvalue weighted by Crippen LogP contribution is 2.31. The number of esters is 1. The smallest absolute Gasteiger partial charge is 0.305 e. The van der Waals surface area contributed by atoms with E-state index in [4.69, 9.17) is 19.3 Å². The summed E-state index contributed by atoms with van der Waals surface area (Å²) < 4.78 is 16.7. The molecule has 1 aliphatic rings. The number of hydrogen-bond donors (Lipinski definition) is 6. The van der Waals surface area contributed by atoms with Crippen molar-refractivity contribution in [2.45, 2.75) is 91.1 Å². The number of ether oxygens (including phenoxy) is 3. The lowest BCUT2D eigenvalue weighted by molar-refractivity contribution is -0.184. The molecule has 234 valence electrons. The Morgan fingerprint density at radius 3 is 2.40 bits per heavy atom.